The van der Waals surface area contributed by atoms with Crippen LogP contribution in [0.15, 0.2) is 24.3 Å². The Hall–Kier alpha value is -1.20. The van der Waals surface area contributed by atoms with E-state index in [0.717, 1.165) is 12.0 Å². The van der Waals surface area contributed by atoms with Gasteiger partial charge in [0.2, 0.25) is 5.91 Å². The van der Waals surface area contributed by atoms with Crippen LogP contribution in [0.4, 0.5) is 0 Å². The number of nitrogens with zero attached hydrogens (tertiary/aromatic N) is 1. The summed E-state index contributed by atoms with van der Waals surface area (Å²) >= 11 is 7.39. The van der Waals surface area contributed by atoms with Crippen LogP contribution in [0.1, 0.15) is 18.9 Å². The van der Waals surface area contributed by atoms with Gasteiger partial charge in [-0.1, -0.05) is 30.7 Å². The van der Waals surface area contributed by atoms with Crippen LogP contribution in [0.2, 0.25) is 5.02 Å². The van der Waals surface area contributed by atoms with Gasteiger partial charge in [-0.15, -0.1) is 11.8 Å². The van der Waals surface area contributed by atoms with E-state index in [-0.39, 0.29) is 11.8 Å². The number of benzene rings is 1. The first-order valence-corrected chi connectivity index (χ1v) is 8.36. The van der Waals surface area contributed by atoms with Crippen LogP contribution < -0.4 is 0 Å². The lowest BCUT2D eigenvalue weighted by molar-refractivity contribution is -0.148. The highest BCUT2D eigenvalue weighted by Gasteiger charge is 2.39. The number of hydrogen-bond donors (Lipinski definition) is 1. The van der Waals surface area contributed by atoms with Gasteiger partial charge in [0.05, 0.1) is 5.75 Å². The summed E-state index contributed by atoms with van der Waals surface area (Å²) in [6, 6.07) is 6.84. The van der Waals surface area contributed by atoms with E-state index >= 15 is 0 Å². The van der Waals surface area contributed by atoms with Gasteiger partial charge in [-0.25, -0.2) is 4.79 Å². The maximum Gasteiger partial charge on any atom is 0.326 e. The normalized spacial score (nSPS) is 21.5. The van der Waals surface area contributed by atoms with Crippen molar-refractivity contribution in [1.82, 2.24) is 4.90 Å². The van der Waals surface area contributed by atoms with Crippen molar-refractivity contribution in [3.05, 3.63) is 34.9 Å². The second kappa shape index (κ2) is 7.18. The van der Waals surface area contributed by atoms with Gasteiger partial charge in [0, 0.05) is 17.3 Å². The summed E-state index contributed by atoms with van der Waals surface area (Å²) in [7, 11) is 0. The summed E-state index contributed by atoms with van der Waals surface area (Å²) in [4.78, 5) is 24.9. The lowest BCUT2D eigenvalue weighted by Gasteiger charge is -2.23. The maximum atomic E-state index is 12.2. The van der Waals surface area contributed by atoms with Crippen LogP contribution in [0, 0.1) is 5.92 Å². The Morgan fingerprint density at radius 3 is 2.90 bits per heavy atom. The zero-order valence-corrected chi connectivity index (χ0v) is 13.4. The molecule has 1 fully saturated rings. The topological polar surface area (TPSA) is 57.6 Å². The van der Waals surface area contributed by atoms with Crippen LogP contribution in [-0.4, -0.2) is 40.2 Å². The predicted octanol–water partition coefficient (Wildman–Crippen LogP) is 2.89. The van der Waals surface area contributed by atoms with Crippen LogP contribution in [-0.2, 0) is 15.3 Å². The molecule has 21 heavy (non-hydrogen) atoms. The van der Waals surface area contributed by atoms with Crippen LogP contribution in [0.25, 0.3) is 0 Å². The Labute approximate surface area is 133 Å². The molecule has 1 heterocycles. The highest BCUT2D eigenvalue weighted by Crippen LogP contribution is 2.25. The van der Waals surface area contributed by atoms with E-state index in [1.807, 2.05) is 31.2 Å². The number of carbonyl (C=O) groups excluding carboxylic acids is 1. The number of aliphatic carboxylic acids is 1. The fourth-order valence-electron chi connectivity index (χ4n) is 2.57. The van der Waals surface area contributed by atoms with Gasteiger partial charge in [-0.2, -0.15) is 0 Å². The van der Waals surface area contributed by atoms with Crippen LogP contribution in [0.3, 0.4) is 0 Å². The third-order valence-electron chi connectivity index (χ3n) is 3.66. The standard InChI is InChI=1S/C15H18ClNO3S/c1-10-5-6-17(14(10)15(19)20)13(18)9-21-8-11-3-2-4-12(16)7-11/h2-4,7,10,14H,5-6,8-9H2,1H3,(H,19,20). The molecule has 2 unspecified atom stereocenters. The minimum absolute atomic E-state index is 0.0179. The fraction of sp³-hybridized carbons (Fsp3) is 0.467. The lowest BCUT2D eigenvalue weighted by Crippen LogP contribution is -2.43. The van der Waals surface area contributed by atoms with Gasteiger partial charge >= 0.3 is 5.97 Å². The molecule has 114 valence electrons. The number of likely N-dealkylation sites (tertiary alicyclic amines) is 1. The molecule has 2 rings (SSSR count). The van der Waals surface area contributed by atoms with Gasteiger partial charge < -0.3 is 10.0 Å². The zero-order chi connectivity index (χ0) is 15.4. The molecule has 1 aromatic carbocycles. The SMILES string of the molecule is CC1CCN(C(=O)CSCc2cccc(Cl)c2)C1C(=O)O. The fourth-order valence-corrected chi connectivity index (χ4v) is 3.64. The van der Waals surface area contributed by atoms with Crippen molar-refractivity contribution in [2.45, 2.75) is 25.1 Å². The lowest BCUT2D eigenvalue weighted by atomic mass is 10.0. The quantitative estimate of drug-likeness (QED) is 0.903. The van der Waals surface area contributed by atoms with Crippen molar-refractivity contribution in [2.75, 3.05) is 12.3 Å². The van der Waals surface area contributed by atoms with E-state index in [4.69, 9.17) is 11.6 Å². The Kier molecular flexibility index (Phi) is 5.53. The Bertz CT molecular complexity index is 537. The van der Waals surface area contributed by atoms with E-state index in [0.29, 0.717) is 23.1 Å². The van der Waals surface area contributed by atoms with Crippen molar-refractivity contribution in [3.63, 3.8) is 0 Å². The molecule has 2 atom stereocenters. The third kappa shape index (κ3) is 4.14. The first-order chi connectivity index (χ1) is 9.99. The Balaban J connectivity index is 1.86. The molecular weight excluding hydrogens is 310 g/mol. The monoisotopic (exact) mass is 327 g/mol. The number of carboxylic acid groups (broad SMARTS) is 1. The molecule has 4 nitrogen and oxygen atoms in total. The second-order valence-electron chi connectivity index (χ2n) is 5.26. The van der Waals surface area contributed by atoms with Crippen molar-refractivity contribution in [1.29, 1.82) is 0 Å². The molecule has 1 saturated heterocycles. The van der Waals surface area contributed by atoms with E-state index in [1.54, 1.807) is 0 Å². The zero-order valence-electron chi connectivity index (χ0n) is 11.8. The van der Waals surface area contributed by atoms with Crippen molar-refractivity contribution >= 4 is 35.2 Å². The van der Waals surface area contributed by atoms with Gasteiger partial charge in [0.25, 0.3) is 0 Å². The highest BCUT2D eigenvalue weighted by atomic mass is 35.5. The van der Waals surface area contributed by atoms with Crippen molar-refractivity contribution in [2.24, 2.45) is 5.92 Å². The molecule has 1 amide bonds. The number of thioether (sulfide) groups is 1. The number of halogens is 1. The molecule has 1 aliphatic rings. The number of rotatable bonds is 5. The molecule has 1 N–H and O–H groups in total. The smallest absolute Gasteiger partial charge is 0.326 e. The molecule has 0 saturated carbocycles. The summed E-state index contributed by atoms with van der Waals surface area (Å²) in [6.45, 7) is 2.42. The minimum Gasteiger partial charge on any atom is -0.480 e. The van der Waals surface area contributed by atoms with Crippen molar-refractivity contribution in [3.8, 4) is 0 Å². The van der Waals surface area contributed by atoms with Crippen molar-refractivity contribution < 1.29 is 14.7 Å². The molecule has 0 aromatic heterocycles. The first-order valence-electron chi connectivity index (χ1n) is 6.83. The number of carbonyl (C=O) groups is 2. The molecule has 1 aliphatic heterocycles. The van der Waals surface area contributed by atoms with Gasteiger partial charge in [-0.05, 0) is 30.0 Å². The second-order valence-corrected chi connectivity index (χ2v) is 6.68. The van der Waals surface area contributed by atoms with Crippen LogP contribution >= 0.6 is 23.4 Å². The van der Waals surface area contributed by atoms with Crippen LogP contribution in [0.5, 0.6) is 0 Å². The number of hydrogen-bond acceptors (Lipinski definition) is 3. The molecule has 0 bridgehead atoms. The number of carboxylic acids is 1. The minimum atomic E-state index is -0.909. The van der Waals surface area contributed by atoms with E-state index in [9.17, 15) is 14.7 Å². The first kappa shape index (κ1) is 16.2. The molecule has 0 spiro atoms. The van der Waals surface area contributed by atoms with Gasteiger partial charge in [0.15, 0.2) is 0 Å². The average Bonchev–Trinajstić information content (AvgIpc) is 2.81. The van der Waals surface area contributed by atoms with Gasteiger partial charge in [-0.3, -0.25) is 4.79 Å². The summed E-state index contributed by atoms with van der Waals surface area (Å²) < 4.78 is 0. The molecule has 6 heteroatoms. The molecule has 1 aromatic rings. The summed E-state index contributed by atoms with van der Waals surface area (Å²) in [6.07, 6.45) is 0.752. The third-order valence-corrected chi connectivity index (χ3v) is 4.88. The van der Waals surface area contributed by atoms with E-state index < -0.39 is 12.0 Å². The average molecular weight is 328 g/mol. The highest BCUT2D eigenvalue weighted by molar-refractivity contribution is 7.99. The molecule has 0 radical (unpaired) electrons. The largest absolute Gasteiger partial charge is 0.480 e. The number of amides is 1. The summed E-state index contributed by atoms with van der Waals surface area (Å²) in [5.41, 5.74) is 1.06. The predicted molar refractivity (Wildman–Crippen MR) is 84.5 cm³/mol. The Morgan fingerprint density at radius 1 is 1.48 bits per heavy atom. The summed E-state index contributed by atoms with van der Waals surface area (Å²) in [5.74, 6) is -0.00691. The molecule has 0 aliphatic carbocycles. The van der Waals surface area contributed by atoms with E-state index in [2.05, 4.69) is 0 Å². The summed E-state index contributed by atoms with van der Waals surface area (Å²) in [5, 5.41) is 9.90. The van der Waals surface area contributed by atoms with Gasteiger partial charge in [0.1, 0.15) is 6.04 Å². The molecular formula is C15H18ClNO3S. The Morgan fingerprint density at radius 2 is 2.24 bits per heavy atom. The van der Waals surface area contributed by atoms with E-state index in [1.165, 1.54) is 16.7 Å². The maximum absolute atomic E-state index is 12.2.